The maximum Gasteiger partial charge on any atom is 0.327 e. The van der Waals surface area contributed by atoms with Gasteiger partial charge in [0.1, 0.15) is 13.1 Å². The zero-order valence-electron chi connectivity index (χ0n) is 11.8. The number of hydrogen-bond donors (Lipinski definition) is 1. The molecule has 6 nitrogen and oxygen atoms in total. The Labute approximate surface area is 117 Å². The van der Waals surface area contributed by atoms with Crippen molar-refractivity contribution in [3.05, 3.63) is 29.3 Å². The second-order valence-electron chi connectivity index (χ2n) is 4.99. The second kappa shape index (κ2) is 5.32. The summed E-state index contributed by atoms with van der Waals surface area (Å²) in [6, 6.07) is 5.27. The van der Waals surface area contributed by atoms with Gasteiger partial charge in [0.15, 0.2) is 0 Å². The number of aryl methyl sites for hydroxylation is 2. The first kappa shape index (κ1) is 14.0. The maximum absolute atomic E-state index is 12.0. The van der Waals surface area contributed by atoms with Gasteiger partial charge in [0.2, 0.25) is 5.91 Å². The Morgan fingerprint density at radius 2 is 2.00 bits per heavy atom. The van der Waals surface area contributed by atoms with Crippen molar-refractivity contribution in [1.82, 2.24) is 9.80 Å². The molecule has 0 aromatic heterocycles. The van der Waals surface area contributed by atoms with Crippen LogP contribution in [-0.4, -0.2) is 47.8 Å². The van der Waals surface area contributed by atoms with E-state index in [-0.39, 0.29) is 24.9 Å². The van der Waals surface area contributed by atoms with Crippen LogP contribution in [0.2, 0.25) is 0 Å². The monoisotopic (exact) mass is 275 g/mol. The molecule has 1 fully saturated rings. The van der Waals surface area contributed by atoms with Crippen LogP contribution in [0.5, 0.6) is 0 Å². The minimum atomic E-state index is -0.439. The summed E-state index contributed by atoms with van der Waals surface area (Å²) in [5.74, 6) is -0.732. The minimum absolute atomic E-state index is 0.0234. The maximum atomic E-state index is 12.0. The third-order valence-corrected chi connectivity index (χ3v) is 3.20. The van der Waals surface area contributed by atoms with Gasteiger partial charge in [0.25, 0.3) is 5.91 Å². The van der Waals surface area contributed by atoms with E-state index in [4.69, 9.17) is 0 Å². The zero-order chi connectivity index (χ0) is 14.9. The van der Waals surface area contributed by atoms with Crippen LogP contribution < -0.4 is 5.32 Å². The lowest BCUT2D eigenvalue weighted by atomic mass is 10.1. The predicted molar refractivity (Wildman–Crippen MR) is 74.3 cm³/mol. The topological polar surface area (TPSA) is 69.7 Å². The fourth-order valence-electron chi connectivity index (χ4n) is 2.03. The highest BCUT2D eigenvalue weighted by atomic mass is 16.2. The predicted octanol–water partition coefficient (Wildman–Crippen LogP) is 1.14. The molecule has 106 valence electrons. The Balaban J connectivity index is 2.04. The summed E-state index contributed by atoms with van der Waals surface area (Å²) in [5.41, 5.74) is 2.65. The highest BCUT2D eigenvalue weighted by molar-refractivity contribution is 6.06. The van der Waals surface area contributed by atoms with E-state index >= 15 is 0 Å². The molecule has 1 saturated heterocycles. The largest absolute Gasteiger partial charge is 0.327 e. The summed E-state index contributed by atoms with van der Waals surface area (Å²) in [5, 5.41) is 2.73. The lowest BCUT2D eigenvalue weighted by Crippen LogP contribution is -2.38. The van der Waals surface area contributed by atoms with E-state index in [1.807, 2.05) is 32.0 Å². The van der Waals surface area contributed by atoms with Crippen LogP contribution in [0.25, 0.3) is 0 Å². The summed E-state index contributed by atoms with van der Waals surface area (Å²) >= 11 is 0. The summed E-state index contributed by atoms with van der Waals surface area (Å²) in [6.45, 7) is 3.58. The van der Waals surface area contributed by atoms with Gasteiger partial charge in [0, 0.05) is 12.7 Å². The van der Waals surface area contributed by atoms with E-state index in [0.29, 0.717) is 5.69 Å². The molecule has 0 saturated carbocycles. The zero-order valence-corrected chi connectivity index (χ0v) is 11.8. The molecule has 6 heteroatoms. The SMILES string of the molecule is Cc1ccc(C)c(NC(=O)CN2C(=O)CN(C)C2=O)c1. The van der Waals surface area contributed by atoms with Crippen molar-refractivity contribution in [2.45, 2.75) is 13.8 Å². The molecule has 1 aromatic carbocycles. The molecule has 1 aliphatic heterocycles. The second-order valence-corrected chi connectivity index (χ2v) is 4.99. The highest BCUT2D eigenvalue weighted by Crippen LogP contribution is 2.16. The van der Waals surface area contributed by atoms with Crippen molar-refractivity contribution in [3.8, 4) is 0 Å². The standard InChI is InChI=1S/C14H17N3O3/c1-9-4-5-10(2)11(6-9)15-12(18)7-17-13(19)8-16(3)14(17)20/h4-6H,7-8H2,1-3H3,(H,15,18). The number of benzene rings is 1. The van der Waals surface area contributed by atoms with Crippen molar-refractivity contribution in [2.24, 2.45) is 0 Å². The van der Waals surface area contributed by atoms with Crippen molar-refractivity contribution >= 4 is 23.5 Å². The van der Waals surface area contributed by atoms with E-state index in [0.717, 1.165) is 16.0 Å². The molecular formula is C14H17N3O3. The van der Waals surface area contributed by atoms with Crippen molar-refractivity contribution in [1.29, 1.82) is 0 Å². The lowest BCUT2D eigenvalue weighted by Gasteiger charge is -2.15. The average Bonchev–Trinajstić information content (AvgIpc) is 2.61. The molecule has 4 amide bonds. The van der Waals surface area contributed by atoms with Gasteiger partial charge < -0.3 is 10.2 Å². The van der Waals surface area contributed by atoms with Gasteiger partial charge in [-0.2, -0.15) is 0 Å². The number of likely N-dealkylation sites (N-methyl/N-ethyl adjacent to an activating group) is 1. The number of rotatable bonds is 3. The molecular weight excluding hydrogens is 258 g/mol. The lowest BCUT2D eigenvalue weighted by molar-refractivity contribution is -0.129. The van der Waals surface area contributed by atoms with E-state index in [1.54, 1.807) is 0 Å². The molecule has 0 aliphatic carbocycles. The number of nitrogens with one attached hydrogen (secondary N) is 1. The van der Waals surface area contributed by atoms with Crippen LogP contribution in [0.4, 0.5) is 10.5 Å². The Morgan fingerprint density at radius 1 is 1.30 bits per heavy atom. The first-order valence-electron chi connectivity index (χ1n) is 6.31. The van der Waals surface area contributed by atoms with E-state index in [2.05, 4.69) is 5.32 Å². The molecule has 20 heavy (non-hydrogen) atoms. The number of nitrogens with zero attached hydrogens (tertiary/aromatic N) is 2. The molecule has 0 bridgehead atoms. The molecule has 1 N–H and O–H groups in total. The Morgan fingerprint density at radius 3 is 2.60 bits per heavy atom. The van der Waals surface area contributed by atoms with Crippen LogP contribution >= 0.6 is 0 Å². The summed E-state index contributed by atoms with van der Waals surface area (Å²) in [7, 11) is 1.53. The average molecular weight is 275 g/mol. The number of carbonyl (C=O) groups excluding carboxylic acids is 3. The smallest absolute Gasteiger partial charge is 0.324 e. The fourth-order valence-corrected chi connectivity index (χ4v) is 2.03. The number of amides is 4. The highest BCUT2D eigenvalue weighted by Gasteiger charge is 2.34. The molecule has 0 radical (unpaired) electrons. The van der Waals surface area contributed by atoms with Crippen LogP contribution in [0.1, 0.15) is 11.1 Å². The molecule has 2 rings (SSSR count). The van der Waals surface area contributed by atoms with Gasteiger partial charge in [-0.1, -0.05) is 12.1 Å². The quantitative estimate of drug-likeness (QED) is 0.841. The molecule has 0 atom stereocenters. The number of anilines is 1. The summed E-state index contributed by atoms with van der Waals surface area (Å²) < 4.78 is 0. The molecule has 0 unspecified atom stereocenters. The Bertz CT molecular complexity index is 583. The number of carbonyl (C=O) groups is 3. The Hall–Kier alpha value is -2.37. The van der Waals surface area contributed by atoms with Crippen LogP contribution in [0, 0.1) is 13.8 Å². The number of hydrogen-bond acceptors (Lipinski definition) is 3. The van der Waals surface area contributed by atoms with Gasteiger partial charge in [-0.25, -0.2) is 4.79 Å². The third-order valence-electron chi connectivity index (χ3n) is 3.20. The molecule has 0 spiro atoms. The van der Waals surface area contributed by atoms with Crippen molar-refractivity contribution < 1.29 is 14.4 Å². The summed E-state index contributed by atoms with van der Waals surface area (Å²) in [4.78, 5) is 37.5. The van der Waals surface area contributed by atoms with Crippen molar-refractivity contribution in [2.75, 3.05) is 25.5 Å². The normalized spacial score (nSPS) is 14.9. The first-order valence-corrected chi connectivity index (χ1v) is 6.31. The van der Waals surface area contributed by atoms with Crippen molar-refractivity contribution in [3.63, 3.8) is 0 Å². The molecule has 1 aromatic rings. The van der Waals surface area contributed by atoms with Gasteiger partial charge >= 0.3 is 6.03 Å². The van der Waals surface area contributed by atoms with Crippen LogP contribution in [0.3, 0.4) is 0 Å². The number of imide groups is 1. The molecule has 1 heterocycles. The van der Waals surface area contributed by atoms with Gasteiger partial charge in [-0.15, -0.1) is 0 Å². The third kappa shape index (κ3) is 2.79. The van der Waals surface area contributed by atoms with Gasteiger partial charge in [0.05, 0.1) is 0 Å². The minimum Gasteiger partial charge on any atom is -0.324 e. The van der Waals surface area contributed by atoms with Gasteiger partial charge in [-0.3, -0.25) is 14.5 Å². The van der Waals surface area contributed by atoms with Gasteiger partial charge in [-0.05, 0) is 31.0 Å². The number of urea groups is 1. The molecule has 1 aliphatic rings. The van der Waals surface area contributed by atoms with Crippen LogP contribution in [-0.2, 0) is 9.59 Å². The Kier molecular flexibility index (Phi) is 3.74. The summed E-state index contributed by atoms with van der Waals surface area (Å²) in [6.07, 6.45) is 0. The van der Waals surface area contributed by atoms with E-state index in [1.165, 1.54) is 11.9 Å². The van der Waals surface area contributed by atoms with Crippen LogP contribution in [0.15, 0.2) is 18.2 Å². The fraction of sp³-hybridized carbons (Fsp3) is 0.357. The van der Waals surface area contributed by atoms with E-state index < -0.39 is 6.03 Å². The first-order chi connectivity index (χ1) is 9.38. The van der Waals surface area contributed by atoms with E-state index in [9.17, 15) is 14.4 Å².